The fraction of sp³-hybridized carbons (Fsp3) is 0.438. The van der Waals surface area contributed by atoms with Crippen LogP contribution in [0.5, 0.6) is 0 Å². The van der Waals surface area contributed by atoms with Gasteiger partial charge in [0.2, 0.25) is 5.91 Å². The Balaban J connectivity index is 1.37. The van der Waals surface area contributed by atoms with E-state index < -0.39 is 6.04 Å². The van der Waals surface area contributed by atoms with Gasteiger partial charge >= 0.3 is 6.09 Å². The number of hydrogen-bond donors (Lipinski definition) is 1. The first-order valence-electron chi connectivity index (χ1n) is 14.8. The Bertz CT molecular complexity index is 1510. The molecule has 2 aromatic heterocycles. The number of hydrogen-bond acceptors (Lipinski definition) is 7. The molecule has 0 unspecified atom stereocenters. The van der Waals surface area contributed by atoms with Crippen molar-refractivity contribution < 1.29 is 19.1 Å². The van der Waals surface area contributed by atoms with Crippen LogP contribution in [0.3, 0.4) is 0 Å². The molecule has 10 nitrogen and oxygen atoms in total. The van der Waals surface area contributed by atoms with E-state index in [2.05, 4.69) is 33.4 Å². The lowest BCUT2D eigenvalue weighted by Gasteiger charge is -2.39. The molecule has 1 aromatic carbocycles. The zero-order chi connectivity index (χ0) is 29.9. The zero-order valence-corrected chi connectivity index (χ0v) is 25.3. The van der Waals surface area contributed by atoms with Crippen molar-refractivity contribution in [2.45, 2.75) is 43.9 Å². The van der Waals surface area contributed by atoms with Gasteiger partial charge in [-0.2, -0.15) is 0 Å². The Morgan fingerprint density at radius 2 is 1.93 bits per heavy atom. The van der Waals surface area contributed by atoms with Crippen molar-refractivity contribution in [2.24, 2.45) is 7.05 Å². The zero-order valence-electron chi connectivity index (χ0n) is 24.5. The van der Waals surface area contributed by atoms with Crippen molar-refractivity contribution in [3.8, 4) is 0 Å². The third kappa shape index (κ3) is 6.18. The van der Waals surface area contributed by atoms with E-state index in [0.29, 0.717) is 31.2 Å². The van der Waals surface area contributed by atoms with Crippen LogP contribution in [-0.4, -0.2) is 82.3 Å². The molecule has 1 aliphatic heterocycles. The molecule has 2 aliphatic carbocycles. The number of ether oxygens (including phenoxy) is 2. The van der Waals surface area contributed by atoms with Crippen molar-refractivity contribution in [3.63, 3.8) is 0 Å². The number of amides is 2. The van der Waals surface area contributed by atoms with E-state index in [-0.39, 0.29) is 30.8 Å². The van der Waals surface area contributed by atoms with E-state index in [1.165, 1.54) is 7.11 Å². The molecule has 2 fully saturated rings. The van der Waals surface area contributed by atoms with Crippen molar-refractivity contribution in [2.75, 3.05) is 39.9 Å². The van der Waals surface area contributed by atoms with Crippen LogP contribution >= 0.6 is 11.6 Å². The highest BCUT2D eigenvalue weighted by molar-refractivity contribution is 6.30. The molecule has 226 valence electrons. The van der Waals surface area contributed by atoms with Gasteiger partial charge in [0.05, 0.1) is 36.0 Å². The minimum absolute atomic E-state index is 0.0429. The average Bonchev–Trinajstić information content (AvgIpc) is 3.65. The second kappa shape index (κ2) is 12.9. The minimum Gasteiger partial charge on any atom is -0.446 e. The van der Waals surface area contributed by atoms with Crippen molar-refractivity contribution in [3.05, 3.63) is 82.2 Å². The number of imidazole rings is 1. The number of nitrogens with one attached hydrogen (secondary N) is 1. The number of aryl methyl sites for hydroxylation is 1. The smallest absolute Gasteiger partial charge is 0.410 e. The monoisotopic (exact) mass is 604 g/mol. The summed E-state index contributed by atoms with van der Waals surface area (Å²) in [5, 5.41) is 3.76. The number of benzene rings is 1. The number of fused-ring (bicyclic) bond motifs is 2. The predicted molar refractivity (Wildman–Crippen MR) is 163 cm³/mol. The predicted octanol–water partition coefficient (Wildman–Crippen LogP) is 4.61. The summed E-state index contributed by atoms with van der Waals surface area (Å²) < 4.78 is 12.8. The van der Waals surface area contributed by atoms with Gasteiger partial charge in [-0.1, -0.05) is 23.7 Å². The number of rotatable bonds is 7. The van der Waals surface area contributed by atoms with Crippen LogP contribution in [0, 0.1) is 0 Å². The number of carbonyl (C=O) groups excluding carboxylic acids is 2. The van der Waals surface area contributed by atoms with Gasteiger partial charge in [0, 0.05) is 51.6 Å². The second-order valence-electron chi connectivity index (χ2n) is 11.4. The molecular formula is C32H37ClN6O4. The number of nitrogens with zero attached hydrogens (tertiary/aromatic N) is 5. The molecule has 2 amide bonds. The fourth-order valence-corrected chi connectivity index (χ4v) is 6.65. The largest absolute Gasteiger partial charge is 0.446 e. The summed E-state index contributed by atoms with van der Waals surface area (Å²) in [6.07, 6.45) is 11.4. The molecule has 1 saturated carbocycles. The maximum Gasteiger partial charge on any atom is 0.410 e. The summed E-state index contributed by atoms with van der Waals surface area (Å²) in [5.74, 6) is -0.244. The average molecular weight is 605 g/mol. The third-order valence-electron chi connectivity index (χ3n) is 8.61. The van der Waals surface area contributed by atoms with Crippen LogP contribution in [0.2, 0.25) is 5.02 Å². The molecule has 3 aromatic rings. The Morgan fingerprint density at radius 1 is 1.14 bits per heavy atom. The molecule has 3 heterocycles. The van der Waals surface area contributed by atoms with Crippen molar-refractivity contribution in [1.29, 1.82) is 0 Å². The summed E-state index contributed by atoms with van der Waals surface area (Å²) in [6, 6.07) is 9.17. The highest BCUT2D eigenvalue weighted by Crippen LogP contribution is 2.44. The van der Waals surface area contributed by atoms with E-state index in [1.54, 1.807) is 12.5 Å². The molecule has 0 bridgehead atoms. The number of piperazine rings is 1. The van der Waals surface area contributed by atoms with Gasteiger partial charge in [-0.25, -0.2) is 9.78 Å². The lowest BCUT2D eigenvalue weighted by molar-refractivity contribution is -0.125. The number of pyridine rings is 1. The van der Waals surface area contributed by atoms with E-state index in [4.69, 9.17) is 26.1 Å². The number of methoxy groups -OCH3 is 1. The second-order valence-corrected chi connectivity index (χ2v) is 11.8. The highest BCUT2D eigenvalue weighted by Gasteiger charge is 2.36. The van der Waals surface area contributed by atoms with Gasteiger partial charge in [0.25, 0.3) is 0 Å². The summed E-state index contributed by atoms with van der Waals surface area (Å²) in [4.78, 5) is 39.3. The van der Waals surface area contributed by atoms with Crippen LogP contribution in [0.4, 0.5) is 4.79 Å². The first-order chi connectivity index (χ1) is 20.9. The van der Waals surface area contributed by atoms with Gasteiger partial charge in [-0.15, -0.1) is 0 Å². The molecule has 1 saturated heterocycles. The first kappa shape index (κ1) is 29.3. The van der Waals surface area contributed by atoms with Crippen molar-refractivity contribution in [1.82, 2.24) is 29.7 Å². The molecule has 1 N–H and O–H groups in total. The summed E-state index contributed by atoms with van der Waals surface area (Å²) in [6.45, 7) is 2.38. The fourth-order valence-electron chi connectivity index (χ4n) is 6.47. The van der Waals surface area contributed by atoms with Crippen molar-refractivity contribution >= 4 is 35.3 Å². The number of halogens is 1. The number of carbonyl (C=O) groups is 2. The van der Waals surface area contributed by atoms with Crippen LogP contribution in [0.1, 0.15) is 65.8 Å². The van der Waals surface area contributed by atoms with Crippen LogP contribution in [0.25, 0.3) is 11.6 Å². The van der Waals surface area contributed by atoms with Gasteiger partial charge in [0.1, 0.15) is 12.7 Å². The Hall–Kier alpha value is -3.73. The molecule has 2 atom stereocenters. The van der Waals surface area contributed by atoms with Gasteiger partial charge < -0.3 is 24.3 Å². The van der Waals surface area contributed by atoms with E-state index in [0.717, 1.165) is 59.3 Å². The van der Waals surface area contributed by atoms with Crippen LogP contribution in [0.15, 0.2) is 49.1 Å². The molecule has 0 radical (unpaired) electrons. The third-order valence-corrected chi connectivity index (χ3v) is 8.85. The standard InChI is InChI=1S/C32H37ClN6O4/c1-37-20-34-18-27(37)30(36-28(40)19-42-2)26-16-21-6-5-11-35-29(21)31(24-10-9-22(33)17-25(24)26)38-12-14-39(15-13-38)32(41)43-23-7-3-4-8-23/h5-6,9-11,16-18,20,23,30-31H,3-4,7-8,12-15,19H2,1-2H3,(H,36,40)/t30-,31+/m1/s1. The minimum atomic E-state index is -0.527. The molecule has 3 aliphatic rings. The quantitative estimate of drug-likeness (QED) is 0.420. The topological polar surface area (TPSA) is 102 Å². The Morgan fingerprint density at radius 3 is 2.65 bits per heavy atom. The van der Waals surface area contributed by atoms with Gasteiger partial charge in [-0.3, -0.25) is 14.7 Å². The molecule has 43 heavy (non-hydrogen) atoms. The lowest BCUT2D eigenvalue weighted by Crippen LogP contribution is -2.50. The summed E-state index contributed by atoms with van der Waals surface area (Å²) in [7, 11) is 3.41. The van der Waals surface area contributed by atoms with E-state index in [1.807, 2.05) is 40.9 Å². The molecule has 6 rings (SSSR count). The maximum atomic E-state index is 12.9. The molecular weight excluding hydrogens is 568 g/mol. The van der Waals surface area contributed by atoms with Gasteiger partial charge in [-0.05, 0) is 72.2 Å². The van der Waals surface area contributed by atoms with E-state index in [9.17, 15) is 9.59 Å². The first-order valence-corrected chi connectivity index (χ1v) is 15.2. The SMILES string of the molecule is COCC(=O)N[C@H](C1=Cc2cccnc2[C@@H](N2CCN(C(=O)OC3CCCC3)CC2)c2ccc(Cl)cc21)c1cncn1C. The van der Waals surface area contributed by atoms with Crippen LogP contribution in [-0.2, 0) is 21.3 Å². The maximum absolute atomic E-state index is 12.9. The lowest BCUT2D eigenvalue weighted by atomic mass is 9.89. The number of aromatic nitrogens is 3. The Labute approximate surface area is 256 Å². The Kier molecular flexibility index (Phi) is 8.78. The van der Waals surface area contributed by atoms with Gasteiger partial charge in [0.15, 0.2) is 0 Å². The highest BCUT2D eigenvalue weighted by atomic mass is 35.5. The normalized spacial score (nSPS) is 19.7. The summed E-state index contributed by atoms with van der Waals surface area (Å²) in [5.41, 5.74) is 5.51. The molecule has 11 heteroatoms. The summed E-state index contributed by atoms with van der Waals surface area (Å²) >= 11 is 6.64. The molecule has 0 spiro atoms. The van der Waals surface area contributed by atoms with E-state index >= 15 is 0 Å². The van der Waals surface area contributed by atoms with Crippen LogP contribution < -0.4 is 5.32 Å².